The van der Waals surface area contributed by atoms with Gasteiger partial charge in [-0.2, -0.15) is 0 Å². The van der Waals surface area contributed by atoms with Gasteiger partial charge < -0.3 is 10.0 Å². The number of nitrogens with zero attached hydrogens (tertiary/aromatic N) is 1. The Kier molecular flexibility index (Phi) is 3.57. The van der Waals surface area contributed by atoms with E-state index in [9.17, 15) is 9.90 Å². The second kappa shape index (κ2) is 4.84. The Morgan fingerprint density at radius 1 is 1.44 bits per heavy atom. The molecule has 1 aliphatic rings. The molecule has 0 aromatic heterocycles. The molecule has 0 radical (unpaired) electrons. The number of carboxylic acid groups (broad SMARTS) is 1. The van der Waals surface area contributed by atoms with Gasteiger partial charge in [-0.15, -0.1) is 11.8 Å². The first-order valence-electron chi connectivity index (χ1n) is 6.18. The van der Waals surface area contributed by atoms with Gasteiger partial charge in [-0.1, -0.05) is 19.9 Å². The van der Waals surface area contributed by atoms with Crippen LogP contribution in [-0.2, 0) is 4.79 Å². The monoisotopic (exact) mass is 265 g/mol. The lowest BCUT2D eigenvalue weighted by Gasteiger charge is -2.37. The molecule has 0 fully saturated rings. The first kappa shape index (κ1) is 13.3. The van der Waals surface area contributed by atoms with E-state index in [4.69, 9.17) is 0 Å². The first-order chi connectivity index (χ1) is 8.41. The van der Waals surface area contributed by atoms with Gasteiger partial charge in [0.15, 0.2) is 0 Å². The van der Waals surface area contributed by atoms with E-state index in [1.54, 1.807) is 0 Å². The SMILES string of the molecule is CC(C)c1ccc2c(c1)SC(C(=O)O)C(C)N2C. The normalized spacial score (nSPS) is 23.1. The fourth-order valence-electron chi connectivity index (χ4n) is 2.19. The summed E-state index contributed by atoms with van der Waals surface area (Å²) in [5.74, 6) is -0.274. The van der Waals surface area contributed by atoms with E-state index in [1.807, 2.05) is 14.0 Å². The molecule has 1 aromatic carbocycles. The van der Waals surface area contributed by atoms with E-state index in [0.717, 1.165) is 10.6 Å². The summed E-state index contributed by atoms with van der Waals surface area (Å²) in [6.07, 6.45) is 0. The number of hydrogen-bond donors (Lipinski definition) is 1. The number of hydrogen-bond acceptors (Lipinski definition) is 3. The number of anilines is 1. The van der Waals surface area contributed by atoms with E-state index in [2.05, 4.69) is 36.9 Å². The zero-order valence-electron chi connectivity index (χ0n) is 11.2. The molecule has 3 nitrogen and oxygen atoms in total. The highest BCUT2D eigenvalue weighted by molar-refractivity contribution is 8.01. The van der Waals surface area contributed by atoms with Gasteiger partial charge in [-0.3, -0.25) is 4.79 Å². The van der Waals surface area contributed by atoms with Crippen LogP contribution >= 0.6 is 11.8 Å². The standard InChI is InChI=1S/C14H19NO2S/c1-8(2)10-5-6-11-12(7-10)18-13(14(16)17)9(3)15(11)4/h5-9,13H,1-4H3,(H,16,17). The van der Waals surface area contributed by atoms with Crippen LogP contribution in [0.3, 0.4) is 0 Å². The number of carbonyl (C=O) groups is 1. The van der Waals surface area contributed by atoms with Crippen molar-refractivity contribution in [3.63, 3.8) is 0 Å². The zero-order chi connectivity index (χ0) is 13.4. The van der Waals surface area contributed by atoms with Crippen LogP contribution in [0.4, 0.5) is 5.69 Å². The minimum absolute atomic E-state index is 0.00454. The predicted octanol–water partition coefficient (Wildman–Crippen LogP) is 3.19. The molecule has 1 aliphatic heterocycles. The Morgan fingerprint density at radius 2 is 2.11 bits per heavy atom. The summed E-state index contributed by atoms with van der Waals surface area (Å²) in [6, 6.07) is 6.37. The molecule has 2 unspecified atom stereocenters. The molecule has 0 bridgehead atoms. The largest absolute Gasteiger partial charge is 0.480 e. The van der Waals surface area contributed by atoms with E-state index in [0.29, 0.717) is 5.92 Å². The average molecular weight is 265 g/mol. The third-order valence-corrected chi connectivity index (χ3v) is 5.01. The van der Waals surface area contributed by atoms with Crippen LogP contribution < -0.4 is 4.90 Å². The van der Waals surface area contributed by atoms with Gasteiger partial charge in [0.25, 0.3) is 0 Å². The number of fused-ring (bicyclic) bond motifs is 1. The van der Waals surface area contributed by atoms with E-state index >= 15 is 0 Å². The van der Waals surface area contributed by atoms with Crippen molar-refractivity contribution in [1.82, 2.24) is 0 Å². The van der Waals surface area contributed by atoms with Crippen molar-refractivity contribution >= 4 is 23.4 Å². The molecule has 0 saturated heterocycles. The Hall–Kier alpha value is -1.16. The van der Waals surface area contributed by atoms with Crippen LogP contribution in [-0.4, -0.2) is 29.4 Å². The van der Waals surface area contributed by atoms with Gasteiger partial charge in [-0.05, 0) is 30.5 Å². The molecule has 1 aromatic rings. The Labute approximate surface area is 112 Å². The van der Waals surface area contributed by atoms with Gasteiger partial charge in [0, 0.05) is 18.0 Å². The van der Waals surface area contributed by atoms with Crippen LogP contribution in [0.5, 0.6) is 0 Å². The number of rotatable bonds is 2. The molecule has 0 saturated carbocycles. The van der Waals surface area contributed by atoms with Crippen LogP contribution in [0.1, 0.15) is 32.3 Å². The van der Waals surface area contributed by atoms with Gasteiger partial charge >= 0.3 is 5.97 Å². The number of carboxylic acids is 1. The molecule has 98 valence electrons. The van der Waals surface area contributed by atoms with Crippen molar-refractivity contribution in [2.75, 3.05) is 11.9 Å². The topological polar surface area (TPSA) is 40.5 Å². The second-order valence-electron chi connectivity index (χ2n) is 5.11. The van der Waals surface area contributed by atoms with Gasteiger partial charge in [0.1, 0.15) is 5.25 Å². The smallest absolute Gasteiger partial charge is 0.319 e. The molecular weight excluding hydrogens is 246 g/mol. The van der Waals surface area contributed by atoms with Crippen molar-refractivity contribution in [2.24, 2.45) is 0 Å². The quantitative estimate of drug-likeness (QED) is 0.891. The van der Waals surface area contributed by atoms with E-state index in [-0.39, 0.29) is 6.04 Å². The number of benzene rings is 1. The summed E-state index contributed by atoms with van der Waals surface area (Å²) < 4.78 is 0. The molecule has 18 heavy (non-hydrogen) atoms. The highest BCUT2D eigenvalue weighted by Crippen LogP contribution is 2.42. The number of aliphatic carboxylic acids is 1. The third kappa shape index (κ3) is 2.21. The van der Waals surface area contributed by atoms with Crippen LogP contribution in [0.25, 0.3) is 0 Å². The third-order valence-electron chi connectivity index (χ3n) is 3.58. The summed E-state index contributed by atoms with van der Waals surface area (Å²) >= 11 is 1.47. The van der Waals surface area contributed by atoms with Crippen LogP contribution in [0.2, 0.25) is 0 Å². The molecule has 1 N–H and O–H groups in total. The summed E-state index contributed by atoms with van der Waals surface area (Å²) in [4.78, 5) is 14.4. The molecule has 1 heterocycles. The zero-order valence-corrected chi connectivity index (χ0v) is 12.0. The van der Waals surface area contributed by atoms with E-state index in [1.165, 1.54) is 17.3 Å². The fraction of sp³-hybridized carbons (Fsp3) is 0.500. The van der Waals surface area contributed by atoms with Crippen molar-refractivity contribution in [3.05, 3.63) is 23.8 Å². The lowest BCUT2D eigenvalue weighted by molar-refractivity contribution is -0.136. The van der Waals surface area contributed by atoms with Gasteiger partial charge in [-0.25, -0.2) is 0 Å². The fourth-order valence-corrected chi connectivity index (χ4v) is 3.48. The molecule has 2 atom stereocenters. The summed E-state index contributed by atoms with van der Waals surface area (Å²) in [5, 5.41) is 8.88. The molecule has 0 aliphatic carbocycles. The van der Waals surface area contributed by atoms with Gasteiger partial charge in [0.2, 0.25) is 0 Å². The summed E-state index contributed by atoms with van der Waals surface area (Å²) in [6.45, 7) is 6.26. The molecular formula is C14H19NO2S. The highest BCUT2D eigenvalue weighted by atomic mass is 32.2. The summed E-state index contributed by atoms with van der Waals surface area (Å²) in [5.41, 5.74) is 2.39. The average Bonchev–Trinajstić information content (AvgIpc) is 2.32. The lowest BCUT2D eigenvalue weighted by Crippen LogP contribution is -2.44. The second-order valence-corrected chi connectivity index (χ2v) is 6.29. The molecule has 4 heteroatoms. The predicted molar refractivity (Wildman–Crippen MR) is 75.7 cm³/mol. The van der Waals surface area contributed by atoms with Gasteiger partial charge in [0.05, 0.1) is 5.69 Å². The highest BCUT2D eigenvalue weighted by Gasteiger charge is 2.34. The number of thioether (sulfide) groups is 1. The Balaban J connectivity index is 2.42. The molecule has 2 rings (SSSR count). The van der Waals surface area contributed by atoms with Crippen molar-refractivity contribution in [1.29, 1.82) is 0 Å². The summed E-state index contributed by atoms with van der Waals surface area (Å²) in [7, 11) is 1.97. The minimum atomic E-state index is -0.736. The van der Waals surface area contributed by atoms with Crippen molar-refractivity contribution in [2.45, 2.75) is 42.9 Å². The Morgan fingerprint density at radius 3 is 2.67 bits per heavy atom. The first-order valence-corrected chi connectivity index (χ1v) is 7.06. The maximum atomic E-state index is 11.3. The maximum absolute atomic E-state index is 11.3. The van der Waals surface area contributed by atoms with Crippen LogP contribution in [0.15, 0.2) is 23.1 Å². The maximum Gasteiger partial charge on any atom is 0.319 e. The molecule has 0 amide bonds. The van der Waals surface area contributed by atoms with E-state index < -0.39 is 11.2 Å². The Bertz CT molecular complexity index is 473. The molecule has 0 spiro atoms. The minimum Gasteiger partial charge on any atom is -0.480 e. The van der Waals surface area contributed by atoms with Crippen molar-refractivity contribution < 1.29 is 9.90 Å². The van der Waals surface area contributed by atoms with Crippen LogP contribution in [0, 0.1) is 0 Å². The lowest BCUT2D eigenvalue weighted by atomic mass is 10.0. The van der Waals surface area contributed by atoms with Crippen molar-refractivity contribution in [3.8, 4) is 0 Å².